The molecule has 3 saturated carbocycles. The molecule has 1 aromatic rings. The summed E-state index contributed by atoms with van der Waals surface area (Å²) in [5.41, 5.74) is 1.41. The molecule has 0 saturated heterocycles. The molecule has 0 radical (unpaired) electrons. The van der Waals surface area contributed by atoms with Gasteiger partial charge in [0, 0.05) is 31.2 Å². The number of furan rings is 1. The van der Waals surface area contributed by atoms with E-state index < -0.39 is 0 Å². The average molecular weight is 288 g/mol. The Morgan fingerprint density at radius 2 is 1.76 bits per heavy atom. The molecule has 3 aliphatic rings. The first-order chi connectivity index (χ1) is 10.3. The largest absolute Gasteiger partial charge is 0.465 e. The van der Waals surface area contributed by atoms with Gasteiger partial charge in [0.05, 0.1) is 6.54 Å². The van der Waals surface area contributed by atoms with Gasteiger partial charge in [0.15, 0.2) is 0 Å². The van der Waals surface area contributed by atoms with Gasteiger partial charge in [-0.3, -0.25) is 4.90 Å². The molecule has 116 valence electrons. The van der Waals surface area contributed by atoms with E-state index in [9.17, 15) is 0 Å². The quantitative estimate of drug-likeness (QED) is 0.754. The molecule has 0 amide bonds. The summed E-state index contributed by atoms with van der Waals surface area (Å²) in [5, 5.41) is 3.54. The van der Waals surface area contributed by atoms with E-state index in [0.29, 0.717) is 0 Å². The van der Waals surface area contributed by atoms with Crippen LogP contribution < -0.4 is 5.32 Å². The van der Waals surface area contributed by atoms with E-state index in [1.807, 2.05) is 0 Å². The molecule has 3 fully saturated rings. The SMILES string of the molecule is Cc1oc(CNC2CC2)cc1CN(CC1CC1)CC1CC1. The first-order valence-electron chi connectivity index (χ1n) is 8.80. The predicted octanol–water partition coefficient (Wildman–Crippen LogP) is 3.46. The fourth-order valence-electron chi connectivity index (χ4n) is 3.14. The van der Waals surface area contributed by atoms with Crippen molar-refractivity contribution in [3.63, 3.8) is 0 Å². The van der Waals surface area contributed by atoms with Gasteiger partial charge in [0.25, 0.3) is 0 Å². The van der Waals surface area contributed by atoms with Crippen molar-refractivity contribution in [1.29, 1.82) is 0 Å². The summed E-state index contributed by atoms with van der Waals surface area (Å²) in [6.45, 7) is 6.72. The van der Waals surface area contributed by atoms with E-state index in [1.54, 1.807) is 0 Å². The van der Waals surface area contributed by atoms with Crippen molar-refractivity contribution in [2.75, 3.05) is 13.1 Å². The van der Waals surface area contributed by atoms with E-state index in [2.05, 4.69) is 23.2 Å². The maximum absolute atomic E-state index is 5.95. The standard InChI is InChI=1S/C18H28N2O/c1-13-16(8-18(21-13)9-19-17-6-7-17)12-20(10-14-2-3-14)11-15-4-5-15/h8,14-15,17,19H,2-7,9-12H2,1H3. The maximum atomic E-state index is 5.95. The fourth-order valence-corrected chi connectivity index (χ4v) is 3.14. The van der Waals surface area contributed by atoms with Crippen molar-refractivity contribution in [2.45, 2.75) is 64.6 Å². The van der Waals surface area contributed by atoms with E-state index in [4.69, 9.17) is 4.42 Å². The van der Waals surface area contributed by atoms with Crippen LogP contribution in [-0.2, 0) is 13.1 Å². The van der Waals surface area contributed by atoms with Crippen LogP contribution in [0.15, 0.2) is 10.5 Å². The monoisotopic (exact) mass is 288 g/mol. The molecular weight excluding hydrogens is 260 g/mol. The molecule has 3 nitrogen and oxygen atoms in total. The molecule has 1 aromatic heterocycles. The van der Waals surface area contributed by atoms with E-state index in [-0.39, 0.29) is 0 Å². The molecule has 0 unspecified atom stereocenters. The first kappa shape index (κ1) is 13.8. The lowest BCUT2D eigenvalue weighted by atomic mass is 10.2. The second kappa shape index (κ2) is 5.77. The highest BCUT2D eigenvalue weighted by Crippen LogP contribution is 2.34. The highest BCUT2D eigenvalue weighted by Gasteiger charge is 2.29. The number of nitrogens with one attached hydrogen (secondary N) is 1. The Morgan fingerprint density at radius 3 is 2.33 bits per heavy atom. The summed E-state index contributed by atoms with van der Waals surface area (Å²) in [7, 11) is 0. The van der Waals surface area contributed by atoms with Crippen LogP contribution in [-0.4, -0.2) is 24.0 Å². The molecule has 0 aliphatic heterocycles. The summed E-state index contributed by atoms with van der Waals surface area (Å²) in [6.07, 6.45) is 8.46. The predicted molar refractivity (Wildman–Crippen MR) is 84.0 cm³/mol. The molecule has 1 heterocycles. The second-order valence-corrected chi connectivity index (χ2v) is 7.53. The van der Waals surface area contributed by atoms with Crippen LogP contribution in [0.4, 0.5) is 0 Å². The van der Waals surface area contributed by atoms with Crippen molar-refractivity contribution >= 4 is 0 Å². The topological polar surface area (TPSA) is 28.4 Å². The summed E-state index contributed by atoms with van der Waals surface area (Å²) >= 11 is 0. The molecule has 21 heavy (non-hydrogen) atoms. The third-order valence-corrected chi connectivity index (χ3v) is 5.03. The van der Waals surface area contributed by atoms with Crippen molar-refractivity contribution in [3.8, 4) is 0 Å². The zero-order valence-corrected chi connectivity index (χ0v) is 13.2. The molecule has 4 rings (SSSR count). The lowest BCUT2D eigenvalue weighted by molar-refractivity contribution is 0.243. The smallest absolute Gasteiger partial charge is 0.118 e. The average Bonchev–Trinajstić information content (AvgIpc) is 3.31. The van der Waals surface area contributed by atoms with E-state index in [1.165, 1.54) is 57.2 Å². The zero-order valence-electron chi connectivity index (χ0n) is 13.2. The van der Waals surface area contributed by atoms with Gasteiger partial charge in [-0.25, -0.2) is 0 Å². The summed E-state index contributed by atoms with van der Waals surface area (Å²) in [5.74, 6) is 4.20. The third-order valence-electron chi connectivity index (χ3n) is 5.03. The molecule has 0 atom stereocenters. The Labute approximate surface area is 128 Å². The Morgan fingerprint density at radius 1 is 1.10 bits per heavy atom. The Hall–Kier alpha value is -0.800. The van der Waals surface area contributed by atoms with Gasteiger partial charge < -0.3 is 9.73 Å². The van der Waals surface area contributed by atoms with Crippen LogP contribution in [0, 0.1) is 18.8 Å². The van der Waals surface area contributed by atoms with Gasteiger partial charge in [-0.1, -0.05) is 0 Å². The molecule has 0 spiro atoms. The van der Waals surface area contributed by atoms with Crippen LogP contribution in [0.25, 0.3) is 0 Å². The molecule has 1 N–H and O–H groups in total. The molecular formula is C18H28N2O. The Balaban J connectivity index is 1.35. The minimum absolute atomic E-state index is 0.750. The summed E-state index contributed by atoms with van der Waals surface area (Å²) in [6, 6.07) is 3.04. The first-order valence-corrected chi connectivity index (χ1v) is 8.80. The second-order valence-electron chi connectivity index (χ2n) is 7.53. The van der Waals surface area contributed by atoms with Gasteiger partial charge in [-0.2, -0.15) is 0 Å². The zero-order chi connectivity index (χ0) is 14.2. The third kappa shape index (κ3) is 4.10. The van der Waals surface area contributed by atoms with Crippen LogP contribution in [0.2, 0.25) is 0 Å². The van der Waals surface area contributed by atoms with Crippen molar-refractivity contribution in [1.82, 2.24) is 10.2 Å². The van der Waals surface area contributed by atoms with Crippen molar-refractivity contribution in [2.24, 2.45) is 11.8 Å². The van der Waals surface area contributed by atoms with Crippen molar-refractivity contribution in [3.05, 3.63) is 23.2 Å². The highest BCUT2D eigenvalue weighted by molar-refractivity contribution is 5.21. The maximum Gasteiger partial charge on any atom is 0.118 e. The Bertz CT molecular complexity index is 469. The van der Waals surface area contributed by atoms with Gasteiger partial charge in [0.2, 0.25) is 0 Å². The van der Waals surface area contributed by atoms with Crippen LogP contribution in [0.1, 0.15) is 55.6 Å². The number of rotatable bonds is 9. The van der Waals surface area contributed by atoms with E-state index in [0.717, 1.165) is 42.5 Å². The van der Waals surface area contributed by atoms with Gasteiger partial charge in [-0.05, 0) is 63.4 Å². The number of aryl methyl sites for hydroxylation is 1. The number of hydrogen-bond donors (Lipinski definition) is 1. The summed E-state index contributed by atoms with van der Waals surface area (Å²) in [4.78, 5) is 2.69. The van der Waals surface area contributed by atoms with Gasteiger partial charge in [0.1, 0.15) is 11.5 Å². The summed E-state index contributed by atoms with van der Waals surface area (Å²) < 4.78 is 5.95. The number of hydrogen-bond acceptors (Lipinski definition) is 3. The van der Waals surface area contributed by atoms with Gasteiger partial charge in [-0.15, -0.1) is 0 Å². The highest BCUT2D eigenvalue weighted by atomic mass is 16.3. The normalized spacial score (nSPS) is 22.2. The van der Waals surface area contributed by atoms with Gasteiger partial charge >= 0.3 is 0 Å². The molecule has 3 heteroatoms. The molecule has 0 bridgehead atoms. The minimum Gasteiger partial charge on any atom is -0.465 e. The number of nitrogens with zero attached hydrogens (tertiary/aromatic N) is 1. The molecule has 3 aliphatic carbocycles. The van der Waals surface area contributed by atoms with Crippen LogP contribution >= 0.6 is 0 Å². The Kier molecular flexibility index (Phi) is 3.80. The lowest BCUT2D eigenvalue weighted by Gasteiger charge is -2.21. The minimum atomic E-state index is 0.750. The lowest BCUT2D eigenvalue weighted by Crippen LogP contribution is -2.28. The molecule has 0 aromatic carbocycles. The van der Waals surface area contributed by atoms with Crippen LogP contribution in [0.5, 0.6) is 0 Å². The van der Waals surface area contributed by atoms with Crippen molar-refractivity contribution < 1.29 is 4.42 Å². The van der Waals surface area contributed by atoms with Crippen LogP contribution in [0.3, 0.4) is 0 Å². The fraction of sp³-hybridized carbons (Fsp3) is 0.778. The van der Waals surface area contributed by atoms with E-state index >= 15 is 0 Å².